The molecule has 0 atom stereocenters. The fourth-order valence-corrected chi connectivity index (χ4v) is 3.41. The Morgan fingerprint density at radius 3 is 2.72 bits per heavy atom. The Balaban J connectivity index is 1.42. The van der Waals surface area contributed by atoms with Crippen LogP contribution in [0.2, 0.25) is 5.02 Å². The molecule has 4 rings (SSSR count). The molecule has 0 radical (unpaired) electrons. The zero-order valence-electron chi connectivity index (χ0n) is 15.5. The highest BCUT2D eigenvalue weighted by molar-refractivity contribution is 6.33. The van der Waals surface area contributed by atoms with E-state index < -0.39 is 12.6 Å². The molecular weight excluding hydrogens is 394 g/mol. The van der Waals surface area contributed by atoms with Crippen molar-refractivity contribution in [3.05, 3.63) is 76.5 Å². The number of esters is 1. The molecule has 0 saturated carbocycles. The van der Waals surface area contributed by atoms with Crippen molar-refractivity contribution in [3.63, 3.8) is 0 Å². The molecule has 6 nitrogen and oxygen atoms in total. The van der Waals surface area contributed by atoms with E-state index in [1.54, 1.807) is 54.4 Å². The van der Waals surface area contributed by atoms with Crippen molar-refractivity contribution in [1.82, 2.24) is 0 Å². The Morgan fingerprint density at radius 2 is 1.93 bits per heavy atom. The third-order valence-electron chi connectivity index (χ3n) is 4.76. The molecule has 0 spiro atoms. The fraction of sp³-hybridized carbons (Fsp3) is 0.136. The summed E-state index contributed by atoms with van der Waals surface area (Å²) in [5.74, 6) is -0.716. The van der Waals surface area contributed by atoms with Gasteiger partial charge in [-0.15, -0.1) is 0 Å². The standard InChI is InChI=1S/C22H16ClNO5/c1-24-17-7-6-13(10-14(17)11-21(24)26)18(25)12-28-22(27)20-9-8-19(29-20)15-4-2-3-5-16(15)23/h2-10H,11-12H2,1H3. The number of halogens is 1. The lowest BCUT2D eigenvalue weighted by molar-refractivity contribution is -0.117. The first-order valence-corrected chi connectivity index (χ1v) is 9.26. The molecule has 1 aliphatic heterocycles. The number of benzene rings is 2. The molecule has 3 aromatic rings. The van der Waals surface area contributed by atoms with Crippen LogP contribution in [0.15, 0.2) is 59.0 Å². The molecule has 1 aromatic heterocycles. The van der Waals surface area contributed by atoms with Gasteiger partial charge in [-0.1, -0.05) is 23.7 Å². The first-order chi connectivity index (χ1) is 13.9. The van der Waals surface area contributed by atoms with Gasteiger partial charge in [0.25, 0.3) is 0 Å². The summed E-state index contributed by atoms with van der Waals surface area (Å²) in [4.78, 5) is 37.9. The topological polar surface area (TPSA) is 76.8 Å². The SMILES string of the molecule is CN1C(=O)Cc2cc(C(=O)COC(=O)c3ccc(-c4ccccc4Cl)o3)ccc21. The number of carbonyl (C=O) groups excluding carboxylic acids is 3. The minimum absolute atomic E-state index is 0.0195. The number of hydrogen-bond acceptors (Lipinski definition) is 5. The molecule has 0 unspecified atom stereocenters. The van der Waals surface area contributed by atoms with Crippen LogP contribution in [0.3, 0.4) is 0 Å². The van der Waals surface area contributed by atoms with Gasteiger partial charge in [-0.25, -0.2) is 4.79 Å². The molecule has 0 saturated heterocycles. The second kappa shape index (κ2) is 7.56. The summed E-state index contributed by atoms with van der Waals surface area (Å²) in [5.41, 5.74) is 2.61. The summed E-state index contributed by atoms with van der Waals surface area (Å²) in [6.07, 6.45) is 0.254. The van der Waals surface area contributed by atoms with E-state index >= 15 is 0 Å². The molecule has 0 bridgehead atoms. The van der Waals surface area contributed by atoms with E-state index in [1.807, 2.05) is 6.07 Å². The van der Waals surface area contributed by atoms with E-state index in [9.17, 15) is 14.4 Å². The van der Waals surface area contributed by atoms with Crippen molar-refractivity contribution in [1.29, 1.82) is 0 Å². The van der Waals surface area contributed by atoms with Crippen LogP contribution in [-0.2, 0) is 16.0 Å². The van der Waals surface area contributed by atoms with Crippen LogP contribution >= 0.6 is 11.6 Å². The number of hydrogen-bond donors (Lipinski definition) is 0. The molecular formula is C22H16ClNO5. The number of carbonyl (C=O) groups is 3. The van der Waals surface area contributed by atoms with Gasteiger partial charge in [-0.3, -0.25) is 9.59 Å². The summed E-state index contributed by atoms with van der Waals surface area (Å²) in [5, 5.41) is 0.498. The van der Waals surface area contributed by atoms with Gasteiger partial charge in [-0.2, -0.15) is 0 Å². The molecule has 2 heterocycles. The summed E-state index contributed by atoms with van der Waals surface area (Å²) in [7, 11) is 1.69. The van der Waals surface area contributed by atoms with E-state index in [-0.39, 0.29) is 23.9 Å². The number of ether oxygens (including phenoxy) is 1. The second-order valence-corrected chi connectivity index (χ2v) is 7.02. The Kier molecular flexibility index (Phi) is 4.94. The van der Waals surface area contributed by atoms with Crippen molar-refractivity contribution in [2.45, 2.75) is 6.42 Å². The van der Waals surface area contributed by atoms with Crippen molar-refractivity contribution < 1.29 is 23.5 Å². The van der Waals surface area contributed by atoms with Crippen LogP contribution in [0.5, 0.6) is 0 Å². The lowest BCUT2D eigenvalue weighted by Crippen LogP contribution is -2.20. The van der Waals surface area contributed by atoms with E-state index in [0.29, 0.717) is 21.9 Å². The van der Waals surface area contributed by atoms with Gasteiger partial charge >= 0.3 is 5.97 Å². The Hall–Kier alpha value is -3.38. The van der Waals surface area contributed by atoms with Gasteiger partial charge in [0.15, 0.2) is 12.4 Å². The maximum atomic E-state index is 12.4. The van der Waals surface area contributed by atoms with Crippen LogP contribution < -0.4 is 4.90 Å². The zero-order chi connectivity index (χ0) is 20.5. The normalized spacial score (nSPS) is 12.8. The second-order valence-electron chi connectivity index (χ2n) is 6.62. The summed E-state index contributed by atoms with van der Waals surface area (Å²) >= 11 is 6.13. The highest BCUT2D eigenvalue weighted by Gasteiger charge is 2.25. The van der Waals surface area contributed by atoms with Crippen LogP contribution in [0.4, 0.5) is 5.69 Å². The third-order valence-corrected chi connectivity index (χ3v) is 5.09. The number of likely N-dealkylation sites (N-methyl/N-ethyl adjacent to an activating group) is 1. The van der Waals surface area contributed by atoms with Crippen molar-refractivity contribution in [3.8, 4) is 11.3 Å². The minimum Gasteiger partial charge on any atom is -0.451 e. The molecule has 7 heteroatoms. The summed E-state index contributed by atoms with van der Waals surface area (Å²) in [6, 6.07) is 15.2. The van der Waals surface area contributed by atoms with Crippen molar-refractivity contribution in [2.24, 2.45) is 0 Å². The summed E-state index contributed by atoms with van der Waals surface area (Å²) in [6.45, 7) is -0.427. The maximum absolute atomic E-state index is 12.4. The number of amides is 1. The average molecular weight is 410 g/mol. The number of nitrogens with zero attached hydrogens (tertiary/aromatic N) is 1. The van der Waals surface area contributed by atoms with Crippen LogP contribution in [0, 0.1) is 0 Å². The predicted molar refractivity (Wildman–Crippen MR) is 107 cm³/mol. The Labute approximate surface area is 171 Å². The molecule has 1 amide bonds. The highest BCUT2D eigenvalue weighted by atomic mass is 35.5. The van der Waals surface area contributed by atoms with Crippen LogP contribution in [0.1, 0.15) is 26.5 Å². The monoisotopic (exact) mass is 409 g/mol. The fourth-order valence-electron chi connectivity index (χ4n) is 3.18. The van der Waals surface area contributed by atoms with Crippen LogP contribution in [-0.4, -0.2) is 31.3 Å². The van der Waals surface area contributed by atoms with Gasteiger partial charge in [0.2, 0.25) is 11.7 Å². The highest BCUT2D eigenvalue weighted by Crippen LogP contribution is 2.30. The Morgan fingerprint density at radius 1 is 1.14 bits per heavy atom. The first kappa shape index (κ1) is 19.0. The maximum Gasteiger partial charge on any atom is 0.374 e. The zero-order valence-corrected chi connectivity index (χ0v) is 16.2. The third kappa shape index (κ3) is 3.67. The lowest BCUT2D eigenvalue weighted by atomic mass is 10.1. The van der Waals surface area contributed by atoms with Crippen LogP contribution in [0.25, 0.3) is 11.3 Å². The largest absolute Gasteiger partial charge is 0.451 e. The summed E-state index contributed by atoms with van der Waals surface area (Å²) < 4.78 is 10.6. The van der Waals surface area contributed by atoms with Gasteiger partial charge in [0.1, 0.15) is 5.76 Å². The van der Waals surface area contributed by atoms with E-state index in [1.165, 1.54) is 6.07 Å². The number of fused-ring (bicyclic) bond motifs is 1. The molecule has 2 aromatic carbocycles. The molecule has 146 valence electrons. The smallest absolute Gasteiger partial charge is 0.374 e. The first-order valence-electron chi connectivity index (χ1n) is 8.88. The van der Waals surface area contributed by atoms with Gasteiger partial charge in [0, 0.05) is 23.9 Å². The lowest BCUT2D eigenvalue weighted by Gasteiger charge is -2.10. The number of Topliss-reactive ketones (excluding diaryl/α,β-unsaturated/α-hetero) is 1. The minimum atomic E-state index is -0.743. The van der Waals surface area contributed by atoms with Crippen molar-refractivity contribution in [2.75, 3.05) is 18.6 Å². The van der Waals surface area contributed by atoms with Crippen molar-refractivity contribution >= 4 is 34.9 Å². The number of furan rings is 1. The molecule has 29 heavy (non-hydrogen) atoms. The molecule has 0 N–H and O–H groups in total. The number of anilines is 1. The van der Waals surface area contributed by atoms with E-state index in [0.717, 1.165) is 11.3 Å². The molecule has 0 fully saturated rings. The molecule has 0 aliphatic carbocycles. The quantitative estimate of drug-likeness (QED) is 0.467. The van der Waals surface area contributed by atoms with Gasteiger partial charge in [0.05, 0.1) is 11.4 Å². The van der Waals surface area contributed by atoms with Gasteiger partial charge in [-0.05, 0) is 48.0 Å². The Bertz CT molecular complexity index is 1130. The predicted octanol–water partition coefficient (Wildman–Crippen LogP) is 4.16. The number of rotatable bonds is 5. The number of ketones is 1. The van der Waals surface area contributed by atoms with E-state index in [2.05, 4.69) is 0 Å². The average Bonchev–Trinajstić information content (AvgIpc) is 3.31. The molecule has 1 aliphatic rings. The van der Waals surface area contributed by atoms with Gasteiger partial charge < -0.3 is 14.1 Å². The van der Waals surface area contributed by atoms with E-state index in [4.69, 9.17) is 20.8 Å².